The normalized spacial score (nSPS) is 10.7. The molecular formula is C26H22ClN3O4. The first-order valence-electron chi connectivity index (χ1n) is 10.3. The third-order valence-corrected chi connectivity index (χ3v) is 4.96. The number of rotatable bonds is 9. The molecule has 0 saturated carbocycles. The summed E-state index contributed by atoms with van der Waals surface area (Å²) in [7, 11) is 1.52. The first kappa shape index (κ1) is 24.4. The van der Waals surface area contributed by atoms with Gasteiger partial charge in [-0.2, -0.15) is 5.26 Å². The van der Waals surface area contributed by atoms with Crippen LogP contribution in [-0.2, 0) is 16.1 Å². The molecule has 0 fully saturated rings. The fourth-order valence-corrected chi connectivity index (χ4v) is 3.23. The third-order valence-electron chi connectivity index (χ3n) is 4.67. The molecule has 0 aromatic heterocycles. The van der Waals surface area contributed by atoms with E-state index in [-0.39, 0.29) is 23.1 Å². The Labute approximate surface area is 202 Å². The molecule has 172 valence electrons. The second-order valence-corrected chi connectivity index (χ2v) is 7.47. The van der Waals surface area contributed by atoms with Crippen LogP contribution in [0.25, 0.3) is 6.08 Å². The molecule has 0 unspecified atom stereocenters. The average Bonchev–Trinajstić information content (AvgIpc) is 2.86. The summed E-state index contributed by atoms with van der Waals surface area (Å²) in [6.07, 6.45) is 1.43. The van der Waals surface area contributed by atoms with Crippen molar-refractivity contribution in [1.82, 2.24) is 5.32 Å². The molecule has 0 bridgehead atoms. The number of nitrogens with zero attached hydrogens (tertiary/aromatic N) is 1. The van der Waals surface area contributed by atoms with Crippen molar-refractivity contribution in [1.29, 1.82) is 5.26 Å². The Balaban J connectivity index is 1.59. The van der Waals surface area contributed by atoms with Crippen molar-refractivity contribution < 1.29 is 19.1 Å². The van der Waals surface area contributed by atoms with E-state index in [1.54, 1.807) is 42.5 Å². The molecular weight excluding hydrogens is 454 g/mol. The highest BCUT2D eigenvalue weighted by atomic mass is 35.5. The number of hydrogen-bond acceptors (Lipinski definition) is 5. The van der Waals surface area contributed by atoms with Gasteiger partial charge in [-0.1, -0.05) is 60.1 Å². The van der Waals surface area contributed by atoms with Crippen LogP contribution in [0.2, 0.25) is 5.02 Å². The summed E-state index contributed by atoms with van der Waals surface area (Å²) in [4.78, 5) is 24.6. The molecule has 0 heterocycles. The number of nitrogens with one attached hydrogen (secondary N) is 2. The second kappa shape index (κ2) is 12.1. The Morgan fingerprint density at radius 2 is 1.76 bits per heavy atom. The lowest BCUT2D eigenvalue weighted by molar-refractivity contribution is -0.118. The minimum absolute atomic E-state index is 0.0585. The van der Waals surface area contributed by atoms with Crippen molar-refractivity contribution >= 4 is 35.2 Å². The summed E-state index contributed by atoms with van der Waals surface area (Å²) in [6.45, 7) is 0.0431. The van der Waals surface area contributed by atoms with Gasteiger partial charge in [-0.05, 0) is 41.5 Å². The smallest absolute Gasteiger partial charge is 0.262 e. The van der Waals surface area contributed by atoms with Gasteiger partial charge in [0, 0.05) is 6.54 Å². The maximum Gasteiger partial charge on any atom is 0.262 e. The summed E-state index contributed by atoms with van der Waals surface area (Å²) in [5, 5.41) is 15.1. The van der Waals surface area contributed by atoms with E-state index in [1.165, 1.54) is 13.2 Å². The summed E-state index contributed by atoms with van der Waals surface area (Å²) < 4.78 is 10.7. The Bertz CT molecular complexity index is 1240. The number of ether oxygens (including phenoxy) is 2. The van der Waals surface area contributed by atoms with Crippen LogP contribution in [0.3, 0.4) is 0 Å². The molecule has 0 aliphatic carbocycles. The van der Waals surface area contributed by atoms with E-state index >= 15 is 0 Å². The average molecular weight is 476 g/mol. The van der Waals surface area contributed by atoms with Crippen molar-refractivity contribution in [2.24, 2.45) is 0 Å². The number of nitriles is 1. The van der Waals surface area contributed by atoms with E-state index < -0.39 is 5.91 Å². The molecule has 34 heavy (non-hydrogen) atoms. The van der Waals surface area contributed by atoms with Crippen LogP contribution in [0.5, 0.6) is 11.5 Å². The van der Waals surface area contributed by atoms with Gasteiger partial charge in [-0.3, -0.25) is 9.59 Å². The first-order chi connectivity index (χ1) is 16.5. The van der Waals surface area contributed by atoms with E-state index in [9.17, 15) is 14.9 Å². The molecule has 0 aliphatic rings. The topological polar surface area (TPSA) is 100 Å². The van der Waals surface area contributed by atoms with Gasteiger partial charge >= 0.3 is 0 Å². The number of hydrogen-bond donors (Lipinski definition) is 2. The fraction of sp³-hybridized carbons (Fsp3) is 0.115. The molecule has 0 saturated heterocycles. The minimum Gasteiger partial charge on any atom is -0.495 e. The number of amides is 2. The predicted octanol–water partition coefficient (Wildman–Crippen LogP) is 4.59. The number of para-hydroxylation sites is 2. The largest absolute Gasteiger partial charge is 0.495 e. The van der Waals surface area contributed by atoms with E-state index in [0.29, 0.717) is 29.3 Å². The lowest BCUT2D eigenvalue weighted by atomic mass is 10.1. The minimum atomic E-state index is -0.490. The Kier molecular flexibility index (Phi) is 8.67. The molecule has 0 radical (unpaired) electrons. The molecule has 2 N–H and O–H groups in total. The van der Waals surface area contributed by atoms with Crippen molar-refractivity contribution in [3.05, 3.63) is 94.5 Å². The van der Waals surface area contributed by atoms with Gasteiger partial charge in [0.1, 0.15) is 23.1 Å². The molecule has 3 rings (SSSR count). The van der Waals surface area contributed by atoms with Crippen LogP contribution in [0.15, 0.2) is 78.4 Å². The van der Waals surface area contributed by atoms with E-state index in [4.69, 9.17) is 21.1 Å². The Hall–Kier alpha value is -4.28. The van der Waals surface area contributed by atoms with Crippen molar-refractivity contribution in [2.75, 3.05) is 19.0 Å². The summed E-state index contributed by atoms with van der Waals surface area (Å²) >= 11 is 6.28. The van der Waals surface area contributed by atoms with Gasteiger partial charge in [0.15, 0.2) is 6.61 Å². The van der Waals surface area contributed by atoms with Gasteiger partial charge in [-0.15, -0.1) is 0 Å². The zero-order valence-corrected chi connectivity index (χ0v) is 19.1. The van der Waals surface area contributed by atoms with Gasteiger partial charge in [0.05, 0.1) is 17.8 Å². The molecule has 7 nitrogen and oxygen atoms in total. The van der Waals surface area contributed by atoms with E-state index in [0.717, 1.165) is 5.56 Å². The van der Waals surface area contributed by atoms with Crippen LogP contribution in [0.4, 0.5) is 5.69 Å². The highest BCUT2D eigenvalue weighted by Crippen LogP contribution is 2.27. The third kappa shape index (κ3) is 6.86. The fourth-order valence-electron chi connectivity index (χ4n) is 2.99. The SMILES string of the molecule is COc1ccccc1NC(=O)COc1ccc(/C=C(\C#N)C(=O)NCc2ccccc2)cc1Cl. The van der Waals surface area contributed by atoms with E-state index in [1.807, 2.05) is 36.4 Å². The van der Waals surface area contributed by atoms with Gasteiger partial charge in [-0.25, -0.2) is 0 Å². The van der Waals surface area contributed by atoms with Crippen LogP contribution in [-0.4, -0.2) is 25.5 Å². The zero-order valence-electron chi connectivity index (χ0n) is 18.4. The number of methoxy groups -OCH3 is 1. The lowest BCUT2D eigenvalue weighted by Gasteiger charge is -2.11. The maximum absolute atomic E-state index is 12.4. The highest BCUT2D eigenvalue weighted by molar-refractivity contribution is 6.32. The Morgan fingerprint density at radius 1 is 1.03 bits per heavy atom. The number of carbonyl (C=O) groups excluding carboxylic acids is 2. The lowest BCUT2D eigenvalue weighted by Crippen LogP contribution is -2.23. The summed E-state index contributed by atoms with van der Waals surface area (Å²) in [5.74, 6) is -0.0469. The second-order valence-electron chi connectivity index (χ2n) is 7.07. The first-order valence-corrected chi connectivity index (χ1v) is 10.7. The predicted molar refractivity (Wildman–Crippen MR) is 130 cm³/mol. The number of benzene rings is 3. The van der Waals surface area contributed by atoms with Crippen LogP contribution in [0, 0.1) is 11.3 Å². The standard InChI is InChI=1S/C26H22ClN3O4/c1-33-24-10-6-5-9-22(24)30-25(31)17-34-23-12-11-19(14-21(23)27)13-20(15-28)26(32)29-16-18-7-3-2-4-8-18/h2-14H,16-17H2,1H3,(H,29,32)(H,30,31)/b20-13+. The Morgan fingerprint density at radius 3 is 2.47 bits per heavy atom. The quantitative estimate of drug-likeness (QED) is 0.348. The van der Waals surface area contributed by atoms with Crippen LogP contribution >= 0.6 is 11.6 Å². The molecule has 0 atom stereocenters. The number of carbonyl (C=O) groups is 2. The molecule has 2 amide bonds. The van der Waals surface area contributed by atoms with Crippen LogP contribution < -0.4 is 20.1 Å². The van der Waals surface area contributed by atoms with E-state index in [2.05, 4.69) is 10.6 Å². The molecule has 3 aromatic rings. The van der Waals surface area contributed by atoms with Crippen molar-refractivity contribution in [3.8, 4) is 17.6 Å². The summed E-state index contributed by atoms with van der Waals surface area (Å²) in [5.41, 5.74) is 1.94. The van der Waals surface area contributed by atoms with Crippen molar-refractivity contribution in [2.45, 2.75) is 6.54 Å². The van der Waals surface area contributed by atoms with Gasteiger partial charge in [0.25, 0.3) is 11.8 Å². The molecule has 3 aromatic carbocycles. The molecule has 0 spiro atoms. The summed E-state index contributed by atoms with van der Waals surface area (Å²) in [6, 6.07) is 23.1. The van der Waals surface area contributed by atoms with Gasteiger partial charge < -0.3 is 20.1 Å². The zero-order chi connectivity index (χ0) is 24.3. The highest BCUT2D eigenvalue weighted by Gasteiger charge is 2.12. The number of anilines is 1. The maximum atomic E-state index is 12.4. The monoisotopic (exact) mass is 475 g/mol. The molecule has 0 aliphatic heterocycles. The number of halogens is 1. The molecule has 8 heteroatoms. The van der Waals surface area contributed by atoms with Crippen LogP contribution in [0.1, 0.15) is 11.1 Å². The van der Waals surface area contributed by atoms with Gasteiger partial charge in [0.2, 0.25) is 0 Å². The van der Waals surface area contributed by atoms with Crippen molar-refractivity contribution in [3.63, 3.8) is 0 Å².